The highest BCUT2D eigenvalue weighted by molar-refractivity contribution is 6.31. The number of phenols is 1. The van der Waals surface area contributed by atoms with Gasteiger partial charge in [0.05, 0.1) is 0 Å². The third kappa shape index (κ3) is 3.96. The van der Waals surface area contributed by atoms with Crippen LogP contribution in [0.1, 0.15) is 57.0 Å². The number of H-pyrrole nitrogens is 1. The van der Waals surface area contributed by atoms with Crippen molar-refractivity contribution in [3.8, 4) is 5.75 Å². The van der Waals surface area contributed by atoms with E-state index in [-0.39, 0.29) is 23.2 Å². The highest BCUT2D eigenvalue weighted by Gasteiger charge is 2.60. The molecule has 184 valence electrons. The molecular formula is C27H31ClN4O3. The van der Waals surface area contributed by atoms with E-state index in [1.807, 2.05) is 31.2 Å². The molecule has 2 aromatic carbocycles. The number of carbonyl (C=O) groups excluding carboxylic acids is 2. The Balaban J connectivity index is 1.58. The van der Waals surface area contributed by atoms with Crippen molar-refractivity contribution in [1.29, 1.82) is 0 Å². The van der Waals surface area contributed by atoms with Crippen molar-refractivity contribution in [2.75, 3.05) is 13.1 Å². The molecule has 2 unspecified atom stereocenters. The zero-order valence-electron chi connectivity index (χ0n) is 20.5. The molecule has 1 saturated heterocycles. The van der Waals surface area contributed by atoms with Gasteiger partial charge < -0.3 is 15.4 Å². The maximum Gasteiger partial charge on any atom is 0.328 e. The molecule has 1 aromatic heterocycles. The maximum atomic E-state index is 13.8. The number of phenolic OH excluding ortho intramolecular Hbond substituents is 1. The van der Waals surface area contributed by atoms with E-state index >= 15 is 0 Å². The summed E-state index contributed by atoms with van der Waals surface area (Å²) in [4.78, 5) is 34.2. The smallest absolute Gasteiger partial charge is 0.328 e. The van der Waals surface area contributed by atoms with E-state index in [4.69, 9.17) is 11.6 Å². The molecule has 2 aliphatic rings. The Labute approximate surface area is 210 Å². The van der Waals surface area contributed by atoms with Crippen LogP contribution in [0.3, 0.4) is 0 Å². The number of rotatable bonds is 5. The van der Waals surface area contributed by atoms with Gasteiger partial charge >= 0.3 is 6.03 Å². The molecular weight excluding hydrogens is 464 g/mol. The molecule has 5 rings (SSSR count). The Morgan fingerprint density at radius 3 is 2.69 bits per heavy atom. The molecule has 1 fully saturated rings. The fourth-order valence-corrected chi connectivity index (χ4v) is 5.60. The average Bonchev–Trinajstić information content (AvgIpc) is 3.21. The standard InChI is InChI=1S/C27H31ClN4O3/c1-26(2,3)29-11-6-12-31-24(34)27(4)15-20-19-14-17(28)9-10-21(19)30-22(20)23(32(27)25(31)35)16-7-5-8-18(33)13-16/h5,7-10,13-14,23,29-30,33H,6,11-12,15H2,1-4H3. The van der Waals surface area contributed by atoms with Crippen LogP contribution in [0.15, 0.2) is 42.5 Å². The zero-order chi connectivity index (χ0) is 25.1. The van der Waals surface area contributed by atoms with Crippen LogP contribution in [0, 0.1) is 0 Å². The molecule has 2 aliphatic heterocycles. The summed E-state index contributed by atoms with van der Waals surface area (Å²) in [5, 5.41) is 15.2. The highest BCUT2D eigenvalue weighted by Crippen LogP contribution is 2.49. The lowest BCUT2D eigenvalue weighted by atomic mass is 9.81. The van der Waals surface area contributed by atoms with Gasteiger partial charge in [0.25, 0.3) is 5.91 Å². The van der Waals surface area contributed by atoms with E-state index in [2.05, 4.69) is 31.1 Å². The molecule has 0 aliphatic carbocycles. The molecule has 7 nitrogen and oxygen atoms in total. The van der Waals surface area contributed by atoms with Crippen LogP contribution in [0.2, 0.25) is 5.02 Å². The number of urea groups is 1. The number of aromatic amines is 1. The number of benzene rings is 2. The Kier molecular flexibility index (Phi) is 5.61. The number of nitrogens with zero attached hydrogens (tertiary/aromatic N) is 2. The molecule has 35 heavy (non-hydrogen) atoms. The van der Waals surface area contributed by atoms with Crippen molar-refractivity contribution in [1.82, 2.24) is 20.1 Å². The number of nitrogens with one attached hydrogen (secondary N) is 2. The minimum Gasteiger partial charge on any atom is -0.508 e. The van der Waals surface area contributed by atoms with Gasteiger partial charge in [-0.25, -0.2) is 4.79 Å². The second-order valence-electron chi connectivity index (χ2n) is 10.8. The van der Waals surface area contributed by atoms with Crippen LogP contribution in [0.5, 0.6) is 5.75 Å². The van der Waals surface area contributed by atoms with Crippen molar-refractivity contribution in [3.63, 3.8) is 0 Å². The van der Waals surface area contributed by atoms with Crippen LogP contribution in [0.25, 0.3) is 10.9 Å². The van der Waals surface area contributed by atoms with E-state index in [0.29, 0.717) is 31.0 Å². The Bertz CT molecular complexity index is 1330. The van der Waals surface area contributed by atoms with Crippen LogP contribution in [-0.4, -0.2) is 56.0 Å². The lowest BCUT2D eigenvalue weighted by molar-refractivity contribution is -0.133. The number of fused-ring (bicyclic) bond motifs is 4. The predicted octanol–water partition coefficient (Wildman–Crippen LogP) is 4.97. The molecule has 3 aromatic rings. The predicted molar refractivity (Wildman–Crippen MR) is 137 cm³/mol. The van der Waals surface area contributed by atoms with Gasteiger partial charge in [0.1, 0.15) is 17.3 Å². The van der Waals surface area contributed by atoms with Crippen molar-refractivity contribution in [2.24, 2.45) is 0 Å². The molecule has 3 N–H and O–H groups in total. The second-order valence-corrected chi connectivity index (χ2v) is 11.2. The molecule has 3 amide bonds. The summed E-state index contributed by atoms with van der Waals surface area (Å²) in [6, 6.07) is 11.7. The van der Waals surface area contributed by atoms with Crippen LogP contribution < -0.4 is 5.32 Å². The van der Waals surface area contributed by atoms with E-state index < -0.39 is 11.6 Å². The molecule has 2 atom stereocenters. The lowest BCUT2D eigenvalue weighted by Crippen LogP contribution is -2.53. The molecule has 0 radical (unpaired) electrons. The number of amides is 3. The van der Waals surface area contributed by atoms with E-state index in [0.717, 1.165) is 27.7 Å². The van der Waals surface area contributed by atoms with Gasteiger partial charge in [-0.3, -0.25) is 14.6 Å². The normalized spacial score (nSPS) is 22.1. The number of halogens is 1. The summed E-state index contributed by atoms with van der Waals surface area (Å²) in [7, 11) is 0. The first kappa shape index (κ1) is 23.7. The summed E-state index contributed by atoms with van der Waals surface area (Å²) in [6.07, 6.45) is 1.05. The van der Waals surface area contributed by atoms with Crippen LogP contribution >= 0.6 is 11.6 Å². The number of aromatic hydroxyl groups is 1. The third-order valence-corrected chi connectivity index (χ3v) is 7.26. The van der Waals surface area contributed by atoms with Gasteiger partial charge in [-0.2, -0.15) is 0 Å². The Morgan fingerprint density at radius 1 is 1.20 bits per heavy atom. The van der Waals surface area contributed by atoms with E-state index in [9.17, 15) is 14.7 Å². The Hall–Kier alpha value is -3.03. The largest absolute Gasteiger partial charge is 0.508 e. The quantitative estimate of drug-likeness (QED) is 0.345. The van der Waals surface area contributed by atoms with Crippen LogP contribution in [-0.2, 0) is 11.2 Å². The van der Waals surface area contributed by atoms with Crippen molar-refractivity contribution in [3.05, 3.63) is 64.3 Å². The van der Waals surface area contributed by atoms with Gasteiger partial charge in [-0.05, 0) is 82.1 Å². The number of hydrogen-bond donors (Lipinski definition) is 3. The summed E-state index contributed by atoms with van der Waals surface area (Å²) < 4.78 is 0. The lowest BCUT2D eigenvalue weighted by Gasteiger charge is -2.42. The van der Waals surface area contributed by atoms with Crippen molar-refractivity contribution < 1.29 is 14.7 Å². The molecule has 0 saturated carbocycles. The summed E-state index contributed by atoms with van der Waals surface area (Å²) in [5.74, 6) is -0.0796. The SMILES string of the molecule is CC(C)(C)NCCCN1C(=O)N2C(c3cccc(O)c3)c3[nH]c4ccc(Cl)cc4c3CC2(C)C1=O. The number of carbonyl (C=O) groups is 2. The van der Waals surface area contributed by atoms with Gasteiger partial charge in [-0.15, -0.1) is 0 Å². The van der Waals surface area contributed by atoms with Crippen LogP contribution in [0.4, 0.5) is 4.79 Å². The number of imide groups is 1. The molecule has 0 spiro atoms. The first-order chi connectivity index (χ1) is 16.5. The molecule has 8 heteroatoms. The second kappa shape index (κ2) is 8.28. The van der Waals surface area contributed by atoms with Crippen molar-refractivity contribution >= 4 is 34.4 Å². The summed E-state index contributed by atoms with van der Waals surface area (Å²) in [5.41, 5.74) is 2.39. The maximum absolute atomic E-state index is 13.8. The Morgan fingerprint density at radius 2 is 1.97 bits per heavy atom. The van der Waals surface area contributed by atoms with Gasteiger partial charge in [0.2, 0.25) is 0 Å². The minimum absolute atomic E-state index is 0.0338. The summed E-state index contributed by atoms with van der Waals surface area (Å²) >= 11 is 6.32. The first-order valence-corrected chi connectivity index (χ1v) is 12.4. The van der Waals surface area contributed by atoms with Gasteiger partial charge in [0, 0.05) is 40.1 Å². The summed E-state index contributed by atoms with van der Waals surface area (Å²) in [6.45, 7) is 9.16. The molecule has 3 heterocycles. The fraction of sp³-hybridized carbons (Fsp3) is 0.407. The number of hydrogen-bond acceptors (Lipinski definition) is 4. The topological polar surface area (TPSA) is 88.7 Å². The van der Waals surface area contributed by atoms with Gasteiger partial charge in [-0.1, -0.05) is 23.7 Å². The zero-order valence-corrected chi connectivity index (χ0v) is 21.2. The van der Waals surface area contributed by atoms with E-state index in [1.54, 1.807) is 23.1 Å². The van der Waals surface area contributed by atoms with Crippen molar-refractivity contribution in [2.45, 2.75) is 57.7 Å². The monoisotopic (exact) mass is 494 g/mol. The fourth-order valence-electron chi connectivity index (χ4n) is 5.42. The van der Waals surface area contributed by atoms with Gasteiger partial charge in [0.15, 0.2) is 0 Å². The minimum atomic E-state index is -1.05. The average molecular weight is 495 g/mol. The molecule has 0 bridgehead atoms. The first-order valence-electron chi connectivity index (χ1n) is 12.0. The highest BCUT2D eigenvalue weighted by atomic mass is 35.5. The third-order valence-electron chi connectivity index (χ3n) is 7.03. The van der Waals surface area contributed by atoms with E-state index in [1.165, 1.54) is 4.90 Å². The number of aromatic nitrogens is 1.